The maximum Gasteiger partial charge on any atom is 0.338 e. The molecule has 1 N–H and O–H groups in total. The van der Waals surface area contributed by atoms with Gasteiger partial charge in [-0.25, -0.2) is 9.18 Å². The lowest BCUT2D eigenvalue weighted by Crippen LogP contribution is -2.48. The van der Waals surface area contributed by atoms with Gasteiger partial charge >= 0.3 is 5.97 Å². The summed E-state index contributed by atoms with van der Waals surface area (Å²) in [5.41, 5.74) is 0.400. The Morgan fingerprint density at radius 2 is 2.16 bits per heavy atom. The molecule has 0 aliphatic carbocycles. The summed E-state index contributed by atoms with van der Waals surface area (Å²) >= 11 is 3.20. The van der Waals surface area contributed by atoms with E-state index < -0.39 is 30.6 Å². The molecule has 1 saturated heterocycles. The summed E-state index contributed by atoms with van der Waals surface area (Å²) in [5.74, 6) is -0.524. The molecule has 1 aromatic carbocycles. The van der Waals surface area contributed by atoms with Crippen molar-refractivity contribution >= 4 is 21.9 Å². The lowest BCUT2D eigenvalue weighted by atomic mass is 10.0. The van der Waals surface area contributed by atoms with Crippen molar-refractivity contribution in [3.63, 3.8) is 0 Å². The van der Waals surface area contributed by atoms with Gasteiger partial charge in [-0.15, -0.1) is 0 Å². The summed E-state index contributed by atoms with van der Waals surface area (Å²) in [6.45, 7) is 0. The maximum absolute atomic E-state index is 13.4. The molecule has 1 heterocycles. The molecule has 6 heteroatoms. The van der Waals surface area contributed by atoms with E-state index >= 15 is 0 Å². The van der Waals surface area contributed by atoms with Gasteiger partial charge in [0, 0.05) is 11.8 Å². The van der Waals surface area contributed by atoms with E-state index in [0.29, 0.717) is 10.9 Å². The first-order valence-electron chi connectivity index (χ1n) is 5.91. The molecule has 2 rings (SSSR count). The van der Waals surface area contributed by atoms with E-state index in [9.17, 15) is 14.3 Å². The summed E-state index contributed by atoms with van der Waals surface area (Å²) in [5, 5.41) is 9.64. The quantitative estimate of drug-likeness (QED) is 0.680. The summed E-state index contributed by atoms with van der Waals surface area (Å²) in [6, 6.07) is 8.47. The van der Waals surface area contributed by atoms with Crippen LogP contribution in [0, 0.1) is 0 Å². The molecule has 0 radical (unpaired) electrons. The fraction of sp³-hybridized carbons (Fsp3) is 0.462. The van der Waals surface area contributed by atoms with Crippen molar-refractivity contribution in [2.45, 2.75) is 31.1 Å². The van der Waals surface area contributed by atoms with Crippen molar-refractivity contribution in [3.05, 3.63) is 35.9 Å². The number of hydrogen-bond acceptors (Lipinski definition) is 4. The molecule has 1 aliphatic heterocycles. The lowest BCUT2D eigenvalue weighted by Gasteiger charge is -2.34. The lowest BCUT2D eigenvalue weighted by molar-refractivity contribution is -0.222. The Morgan fingerprint density at radius 1 is 1.47 bits per heavy atom. The second-order valence-electron chi connectivity index (χ2n) is 4.28. The molecule has 0 saturated carbocycles. The number of hydrogen-bond donors (Lipinski definition) is 1. The number of rotatable bonds is 3. The van der Waals surface area contributed by atoms with E-state index in [1.165, 1.54) is 0 Å². The molecule has 1 fully saturated rings. The number of halogens is 2. The average molecular weight is 333 g/mol. The van der Waals surface area contributed by atoms with Gasteiger partial charge in [0.2, 0.25) is 0 Å². The van der Waals surface area contributed by atoms with Crippen LogP contribution >= 0.6 is 15.9 Å². The molecule has 4 nitrogen and oxygen atoms in total. The molecule has 0 amide bonds. The van der Waals surface area contributed by atoms with E-state index in [-0.39, 0.29) is 6.42 Å². The van der Waals surface area contributed by atoms with Crippen LogP contribution in [0.5, 0.6) is 0 Å². The fourth-order valence-electron chi connectivity index (χ4n) is 1.88. The first kappa shape index (κ1) is 14.4. The van der Waals surface area contributed by atoms with Crippen LogP contribution in [0.1, 0.15) is 16.8 Å². The third-order valence-corrected chi connectivity index (χ3v) is 3.55. The van der Waals surface area contributed by atoms with Crippen LogP contribution in [-0.2, 0) is 9.47 Å². The molecule has 104 valence electrons. The summed E-state index contributed by atoms with van der Waals surface area (Å²) in [4.78, 5) is 11.9. The highest BCUT2D eigenvalue weighted by Crippen LogP contribution is 2.25. The third kappa shape index (κ3) is 3.52. The molecule has 0 bridgehead atoms. The minimum absolute atomic E-state index is 0.0734. The van der Waals surface area contributed by atoms with Crippen molar-refractivity contribution in [2.75, 3.05) is 5.33 Å². The van der Waals surface area contributed by atoms with Crippen LogP contribution in [0.25, 0.3) is 0 Å². The Labute approximate surface area is 118 Å². The van der Waals surface area contributed by atoms with Crippen LogP contribution in [-0.4, -0.2) is 41.1 Å². The zero-order chi connectivity index (χ0) is 13.8. The topological polar surface area (TPSA) is 55.8 Å². The molecule has 0 unspecified atom stereocenters. The minimum Gasteiger partial charge on any atom is -0.456 e. The number of esters is 1. The Morgan fingerprint density at radius 3 is 2.79 bits per heavy atom. The average Bonchev–Trinajstić information content (AvgIpc) is 2.43. The second kappa shape index (κ2) is 6.45. The second-order valence-corrected chi connectivity index (χ2v) is 4.93. The first-order valence-corrected chi connectivity index (χ1v) is 7.03. The van der Waals surface area contributed by atoms with Crippen LogP contribution in [0.2, 0.25) is 0 Å². The van der Waals surface area contributed by atoms with E-state index in [1.54, 1.807) is 30.3 Å². The Hall–Kier alpha value is -0.980. The van der Waals surface area contributed by atoms with Crippen LogP contribution in [0.15, 0.2) is 30.3 Å². The van der Waals surface area contributed by atoms with E-state index in [0.717, 1.165) is 0 Å². The summed E-state index contributed by atoms with van der Waals surface area (Å²) < 4.78 is 23.7. The van der Waals surface area contributed by atoms with Crippen LogP contribution in [0.3, 0.4) is 0 Å². The van der Waals surface area contributed by atoms with E-state index in [1.807, 2.05) is 0 Å². The van der Waals surface area contributed by atoms with Gasteiger partial charge in [-0.3, -0.25) is 0 Å². The largest absolute Gasteiger partial charge is 0.456 e. The minimum atomic E-state index is -1.55. The zero-order valence-electron chi connectivity index (χ0n) is 10.0. The maximum atomic E-state index is 13.4. The van der Waals surface area contributed by atoms with Gasteiger partial charge in [-0.05, 0) is 12.1 Å². The highest BCUT2D eigenvalue weighted by Gasteiger charge is 2.39. The van der Waals surface area contributed by atoms with Crippen molar-refractivity contribution in [1.29, 1.82) is 0 Å². The Kier molecular flexibility index (Phi) is 4.90. The fourth-order valence-corrected chi connectivity index (χ4v) is 2.45. The van der Waals surface area contributed by atoms with Gasteiger partial charge in [0.05, 0.1) is 5.56 Å². The SMILES string of the molecule is O=C(O[C@H]1C[C@@H](F)[C@H](O)O[C@@H]1CBr)c1ccccc1. The molecule has 1 aliphatic rings. The number of aliphatic hydroxyl groups excluding tert-OH is 1. The standard InChI is InChI=1S/C13H14BrFO4/c14-7-11-10(6-9(15)13(17)19-11)18-12(16)8-4-2-1-3-5-8/h1-5,9-11,13,17H,6-7H2/t9-,10+,11-,13-/m1/s1. The number of ether oxygens (including phenoxy) is 2. The highest BCUT2D eigenvalue weighted by molar-refractivity contribution is 9.09. The first-order chi connectivity index (χ1) is 9.11. The van der Waals surface area contributed by atoms with E-state index in [4.69, 9.17) is 9.47 Å². The predicted octanol–water partition coefficient (Wildman–Crippen LogP) is 2.05. The van der Waals surface area contributed by atoms with Gasteiger partial charge in [0.1, 0.15) is 12.2 Å². The molecule has 19 heavy (non-hydrogen) atoms. The van der Waals surface area contributed by atoms with Crippen molar-refractivity contribution in [1.82, 2.24) is 0 Å². The number of aliphatic hydroxyl groups is 1. The summed E-state index contributed by atoms with van der Waals surface area (Å²) in [6.07, 6.45) is -4.37. The predicted molar refractivity (Wildman–Crippen MR) is 69.8 cm³/mol. The van der Waals surface area contributed by atoms with Crippen molar-refractivity contribution < 1.29 is 23.8 Å². The van der Waals surface area contributed by atoms with Crippen LogP contribution in [0.4, 0.5) is 4.39 Å². The van der Waals surface area contributed by atoms with Crippen molar-refractivity contribution in [3.8, 4) is 0 Å². The van der Waals surface area contributed by atoms with Gasteiger partial charge in [-0.2, -0.15) is 0 Å². The Balaban J connectivity index is 2.03. The number of carbonyl (C=O) groups excluding carboxylic acids is 1. The normalized spacial score (nSPS) is 30.9. The number of alkyl halides is 2. The van der Waals surface area contributed by atoms with Gasteiger partial charge in [0.15, 0.2) is 12.5 Å². The third-order valence-electron chi connectivity index (χ3n) is 2.92. The smallest absolute Gasteiger partial charge is 0.338 e. The molecule has 1 aromatic rings. The monoisotopic (exact) mass is 332 g/mol. The Bertz CT molecular complexity index is 428. The summed E-state index contributed by atoms with van der Waals surface area (Å²) in [7, 11) is 0. The van der Waals surface area contributed by atoms with Crippen LogP contribution < -0.4 is 0 Å². The van der Waals surface area contributed by atoms with Gasteiger partial charge in [0.25, 0.3) is 0 Å². The molecule has 0 spiro atoms. The van der Waals surface area contributed by atoms with Crippen molar-refractivity contribution in [2.24, 2.45) is 0 Å². The van der Waals surface area contributed by atoms with E-state index in [2.05, 4.69) is 15.9 Å². The number of benzene rings is 1. The molecular weight excluding hydrogens is 319 g/mol. The highest BCUT2D eigenvalue weighted by atomic mass is 79.9. The molecule has 4 atom stereocenters. The molecular formula is C13H14BrFO4. The number of carbonyl (C=O) groups is 1. The van der Waals surface area contributed by atoms with Gasteiger partial charge < -0.3 is 14.6 Å². The molecule has 0 aromatic heterocycles. The van der Waals surface area contributed by atoms with Gasteiger partial charge in [-0.1, -0.05) is 34.1 Å². The zero-order valence-corrected chi connectivity index (χ0v) is 11.6.